The van der Waals surface area contributed by atoms with E-state index in [9.17, 15) is 0 Å². The highest BCUT2D eigenvalue weighted by Crippen LogP contribution is 2.43. The fourth-order valence-corrected chi connectivity index (χ4v) is 5.66. The van der Waals surface area contributed by atoms with Gasteiger partial charge < -0.3 is 9.38 Å². The molecule has 0 saturated heterocycles. The van der Waals surface area contributed by atoms with Crippen LogP contribution in [-0.2, 0) is 0 Å². The summed E-state index contributed by atoms with van der Waals surface area (Å²) >= 11 is 0. The van der Waals surface area contributed by atoms with Crippen LogP contribution in [0.3, 0.4) is 0 Å². The number of para-hydroxylation sites is 3. The summed E-state index contributed by atoms with van der Waals surface area (Å²) in [5.74, 6) is 0. The molecule has 1 N–H and O–H groups in total. The molecule has 8 aromatic rings. The van der Waals surface area contributed by atoms with Gasteiger partial charge in [0.15, 0.2) is 0 Å². The smallest absolute Gasteiger partial charge is 0.0627 e. The van der Waals surface area contributed by atoms with Crippen LogP contribution in [0.15, 0.2) is 91.0 Å². The Morgan fingerprint density at radius 1 is 0.467 bits per heavy atom. The molecule has 2 nitrogen and oxygen atoms in total. The molecule has 0 aliphatic carbocycles. The van der Waals surface area contributed by atoms with E-state index in [1.807, 2.05) is 0 Å². The third-order valence-electron chi connectivity index (χ3n) is 6.83. The molecule has 138 valence electrons. The van der Waals surface area contributed by atoms with Gasteiger partial charge in [-0.3, -0.25) is 0 Å². The Morgan fingerprint density at radius 2 is 1.17 bits per heavy atom. The summed E-state index contributed by atoms with van der Waals surface area (Å²) in [4.78, 5) is 3.63. The van der Waals surface area contributed by atoms with Crippen LogP contribution in [0.25, 0.3) is 70.7 Å². The predicted octanol–water partition coefficient (Wildman–Crippen LogP) is 7.62. The zero-order valence-electron chi connectivity index (χ0n) is 16.1. The number of nitrogens with one attached hydrogen (secondary N) is 1. The average molecular weight is 380 g/mol. The van der Waals surface area contributed by atoms with Gasteiger partial charge in [0.05, 0.1) is 16.6 Å². The van der Waals surface area contributed by atoms with Gasteiger partial charge in [-0.2, -0.15) is 0 Å². The topological polar surface area (TPSA) is 20.2 Å². The minimum atomic E-state index is 1.19. The summed E-state index contributed by atoms with van der Waals surface area (Å²) in [6.07, 6.45) is 0. The number of rotatable bonds is 0. The van der Waals surface area contributed by atoms with Crippen LogP contribution < -0.4 is 0 Å². The van der Waals surface area contributed by atoms with Gasteiger partial charge in [0.25, 0.3) is 0 Å². The molecule has 8 rings (SSSR count). The van der Waals surface area contributed by atoms with Gasteiger partial charge in [-0.05, 0) is 23.6 Å². The van der Waals surface area contributed by atoms with Crippen LogP contribution in [0.5, 0.6) is 0 Å². The second kappa shape index (κ2) is 4.92. The van der Waals surface area contributed by atoms with E-state index in [0.29, 0.717) is 0 Å². The van der Waals surface area contributed by atoms with Crippen LogP contribution in [0.4, 0.5) is 0 Å². The van der Waals surface area contributed by atoms with Gasteiger partial charge in [0, 0.05) is 48.7 Å². The highest BCUT2D eigenvalue weighted by atomic mass is 14.9. The van der Waals surface area contributed by atoms with Gasteiger partial charge in [-0.1, -0.05) is 72.8 Å². The first-order valence-corrected chi connectivity index (χ1v) is 10.4. The van der Waals surface area contributed by atoms with Gasteiger partial charge in [0.1, 0.15) is 0 Å². The average Bonchev–Trinajstić information content (AvgIpc) is 3.45. The number of nitrogens with zero attached hydrogens (tertiary/aromatic N) is 1. The molecule has 0 atom stereocenters. The number of H-pyrrole nitrogens is 1. The number of fused-ring (bicyclic) bond motifs is 12. The Kier molecular flexibility index (Phi) is 2.44. The maximum absolute atomic E-state index is 3.63. The number of aromatic amines is 1. The van der Waals surface area contributed by atoms with Crippen molar-refractivity contribution in [1.82, 2.24) is 9.38 Å². The lowest BCUT2D eigenvalue weighted by Gasteiger charge is -2.05. The van der Waals surface area contributed by atoms with Gasteiger partial charge in [-0.15, -0.1) is 0 Å². The van der Waals surface area contributed by atoms with Crippen molar-refractivity contribution in [3.05, 3.63) is 91.0 Å². The van der Waals surface area contributed by atoms with E-state index >= 15 is 0 Å². The zero-order chi connectivity index (χ0) is 19.4. The highest BCUT2D eigenvalue weighted by Gasteiger charge is 2.20. The quantitative estimate of drug-likeness (QED) is 0.279. The van der Waals surface area contributed by atoms with Crippen molar-refractivity contribution in [2.45, 2.75) is 0 Å². The lowest BCUT2D eigenvalue weighted by Crippen LogP contribution is -1.84. The number of benzene rings is 5. The lowest BCUT2D eigenvalue weighted by molar-refractivity contribution is 1.38. The molecule has 0 aliphatic heterocycles. The zero-order valence-corrected chi connectivity index (χ0v) is 16.1. The maximum atomic E-state index is 3.63. The van der Waals surface area contributed by atoms with Gasteiger partial charge in [-0.25, -0.2) is 0 Å². The second-order valence-corrected chi connectivity index (χ2v) is 8.27. The fraction of sp³-hybridized carbons (Fsp3) is 0. The summed E-state index contributed by atoms with van der Waals surface area (Å²) in [5.41, 5.74) is 6.31. The minimum Gasteiger partial charge on any atom is -0.354 e. The van der Waals surface area contributed by atoms with E-state index < -0.39 is 0 Å². The van der Waals surface area contributed by atoms with Gasteiger partial charge >= 0.3 is 0 Å². The Labute approximate surface area is 171 Å². The Morgan fingerprint density at radius 3 is 2.10 bits per heavy atom. The molecular formula is C28H16N2. The SMILES string of the molecule is c1ccc2c(c1)[nH]c1ccc3ccc4c5cccc6c7ccccc7n(c65)c4c3c12. The molecule has 0 unspecified atom stereocenters. The van der Waals surface area contributed by atoms with E-state index in [0.717, 1.165) is 0 Å². The van der Waals surface area contributed by atoms with E-state index in [2.05, 4.69) is 100 Å². The van der Waals surface area contributed by atoms with Crippen LogP contribution in [0.1, 0.15) is 0 Å². The predicted molar refractivity (Wildman–Crippen MR) is 128 cm³/mol. The molecule has 0 amide bonds. The van der Waals surface area contributed by atoms with Crippen LogP contribution >= 0.6 is 0 Å². The fourth-order valence-electron chi connectivity index (χ4n) is 5.66. The van der Waals surface area contributed by atoms with E-state index in [1.165, 1.54) is 70.7 Å². The normalized spacial score (nSPS) is 12.7. The third kappa shape index (κ3) is 1.56. The van der Waals surface area contributed by atoms with Crippen molar-refractivity contribution < 1.29 is 0 Å². The molecule has 0 radical (unpaired) electrons. The summed E-state index contributed by atoms with van der Waals surface area (Å²) < 4.78 is 2.50. The maximum Gasteiger partial charge on any atom is 0.0627 e. The third-order valence-corrected chi connectivity index (χ3v) is 6.83. The molecule has 3 heterocycles. The first kappa shape index (κ1) is 14.9. The molecule has 2 heteroatoms. The van der Waals surface area contributed by atoms with Gasteiger partial charge in [0.2, 0.25) is 0 Å². The second-order valence-electron chi connectivity index (χ2n) is 8.27. The summed E-state index contributed by atoms with van der Waals surface area (Å²) in [7, 11) is 0. The minimum absolute atomic E-state index is 1.19. The summed E-state index contributed by atoms with van der Waals surface area (Å²) in [6.45, 7) is 0. The Hall–Kier alpha value is -4.04. The molecule has 0 aliphatic rings. The van der Waals surface area contributed by atoms with Crippen LogP contribution in [0.2, 0.25) is 0 Å². The van der Waals surface area contributed by atoms with E-state index in [-0.39, 0.29) is 0 Å². The molecule has 0 spiro atoms. The van der Waals surface area contributed by atoms with Crippen LogP contribution in [0, 0.1) is 0 Å². The van der Waals surface area contributed by atoms with E-state index in [4.69, 9.17) is 0 Å². The summed E-state index contributed by atoms with van der Waals surface area (Å²) in [6, 6.07) is 33.2. The number of hydrogen-bond donors (Lipinski definition) is 1. The van der Waals surface area contributed by atoms with Crippen LogP contribution in [-0.4, -0.2) is 9.38 Å². The summed E-state index contributed by atoms with van der Waals surface area (Å²) in [5, 5.41) is 10.5. The van der Waals surface area contributed by atoms with Crippen molar-refractivity contribution in [3.63, 3.8) is 0 Å². The highest BCUT2D eigenvalue weighted by molar-refractivity contribution is 6.33. The lowest BCUT2D eigenvalue weighted by atomic mass is 10.00. The molecule has 0 saturated carbocycles. The molecule has 5 aromatic carbocycles. The number of hydrogen-bond acceptors (Lipinski definition) is 0. The molecular weight excluding hydrogens is 364 g/mol. The molecule has 0 bridgehead atoms. The van der Waals surface area contributed by atoms with Crippen molar-refractivity contribution >= 4 is 70.7 Å². The largest absolute Gasteiger partial charge is 0.354 e. The van der Waals surface area contributed by atoms with Crippen molar-refractivity contribution in [2.24, 2.45) is 0 Å². The Bertz CT molecular complexity index is 1950. The standard InChI is InChI=1S/C28H16N2/c1-3-10-22-21(7-1)26-23(29-22)15-13-16-12-14-20-19-9-5-8-18-17-6-2-4-11-24(17)30(27(18)19)28(20)25(16)26/h1-15,29H. The first-order chi connectivity index (χ1) is 14.9. The Balaban J connectivity index is 1.81. The van der Waals surface area contributed by atoms with Crippen molar-refractivity contribution in [2.75, 3.05) is 0 Å². The number of aromatic nitrogens is 2. The monoisotopic (exact) mass is 380 g/mol. The molecule has 0 fully saturated rings. The van der Waals surface area contributed by atoms with E-state index in [1.54, 1.807) is 0 Å². The molecule has 30 heavy (non-hydrogen) atoms. The first-order valence-electron chi connectivity index (χ1n) is 10.4. The van der Waals surface area contributed by atoms with Crippen molar-refractivity contribution in [3.8, 4) is 0 Å². The molecule has 3 aromatic heterocycles. The van der Waals surface area contributed by atoms with Crippen molar-refractivity contribution in [1.29, 1.82) is 0 Å².